The molecule has 2 amide bonds. The number of rotatable bonds is 7. The third-order valence-electron chi connectivity index (χ3n) is 3.38. The predicted octanol–water partition coefficient (Wildman–Crippen LogP) is 1.46. The Morgan fingerprint density at radius 1 is 1.22 bits per heavy atom. The van der Waals surface area contributed by atoms with Gasteiger partial charge in [-0.1, -0.05) is 29.3 Å². The van der Waals surface area contributed by atoms with Gasteiger partial charge in [0.1, 0.15) is 9.84 Å². The Balaban J connectivity index is 2.43. The molecule has 2 atom stereocenters. The smallest absolute Gasteiger partial charge is 0.315 e. The SMILES string of the molecule is Cc1cc(C)cc([C@@H](O)CNC(=O)N[C@H](C)CCS(C)(=O)=O)c1. The van der Waals surface area contributed by atoms with Crippen molar-refractivity contribution in [3.8, 4) is 0 Å². The van der Waals surface area contributed by atoms with Gasteiger partial charge in [-0.05, 0) is 32.8 Å². The number of hydrogen-bond donors (Lipinski definition) is 3. The molecule has 0 saturated carbocycles. The summed E-state index contributed by atoms with van der Waals surface area (Å²) in [5.41, 5.74) is 2.86. The van der Waals surface area contributed by atoms with Crippen molar-refractivity contribution in [3.63, 3.8) is 0 Å². The second-order valence-electron chi connectivity index (χ2n) is 6.11. The van der Waals surface area contributed by atoms with Crippen molar-refractivity contribution in [2.24, 2.45) is 0 Å². The Morgan fingerprint density at radius 3 is 2.30 bits per heavy atom. The molecule has 0 aromatic heterocycles. The van der Waals surface area contributed by atoms with Crippen molar-refractivity contribution in [3.05, 3.63) is 34.9 Å². The van der Waals surface area contributed by atoms with Gasteiger partial charge in [0.2, 0.25) is 0 Å². The van der Waals surface area contributed by atoms with Gasteiger partial charge in [0, 0.05) is 18.8 Å². The third kappa shape index (κ3) is 7.99. The zero-order chi connectivity index (χ0) is 17.6. The number of aryl methyl sites for hydroxylation is 2. The average Bonchev–Trinajstić information content (AvgIpc) is 2.40. The lowest BCUT2D eigenvalue weighted by Gasteiger charge is -2.17. The minimum atomic E-state index is -3.04. The molecule has 130 valence electrons. The van der Waals surface area contributed by atoms with Crippen LogP contribution in [0.2, 0.25) is 0 Å². The fourth-order valence-electron chi connectivity index (χ4n) is 2.25. The summed E-state index contributed by atoms with van der Waals surface area (Å²) in [4.78, 5) is 11.8. The highest BCUT2D eigenvalue weighted by Gasteiger charge is 2.13. The fourth-order valence-corrected chi connectivity index (χ4v) is 3.03. The quantitative estimate of drug-likeness (QED) is 0.699. The standard InChI is InChI=1S/C16H26N2O4S/c1-11-7-12(2)9-14(8-11)15(19)10-17-16(20)18-13(3)5-6-23(4,21)22/h7-9,13,15,19H,5-6,10H2,1-4H3,(H2,17,18,20)/t13-,15+/m1/s1. The third-order valence-corrected chi connectivity index (χ3v) is 4.36. The first-order valence-corrected chi connectivity index (χ1v) is 9.61. The van der Waals surface area contributed by atoms with Crippen LogP contribution >= 0.6 is 0 Å². The van der Waals surface area contributed by atoms with Crippen molar-refractivity contribution in [1.82, 2.24) is 10.6 Å². The summed E-state index contributed by atoms with van der Waals surface area (Å²) in [6.07, 6.45) is 0.733. The molecule has 1 rings (SSSR count). The van der Waals surface area contributed by atoms with Gasteiger partial charge in [0.15, 0.2) is 0 Å². The van der Waals surface area contributed by atoms with E-state index in [0.29, 0.717) is 6.42 Å². The molecule has 0 spiro atoms. The first-order valence-electron chi connectivity index (χ1n) is 7.55. The van der Waals surface area contributed by atoms with Crippen LogP contribution in [0, 0.1) is 13.8 Å². The lowest BCUT2D eigenvalue weighted by molar-refractivity contribution is 0.172. The van der Waals surface area contributed by atoms with Crippen LogP contribution in [0.4, 0.5) is 4.79 Å². The van der Waals surface area contributed by atoms with E-state index in [-0.39, 0.29) is 18.3 Å². The molecule has 0 heterocycles. The van der Waals surface area contributed by atoms with E-state index in [1.807, 2.05) is 32.0 Å². The number of sulfone groups is 1. The number of aliphatic hydroxyl groups excluding tert-OH is 1. The number of hydrogen-bond acceptors (Lipinski definition) is 4. The van der Waals surface area contributed by atoms with Crippen molar-refractivity contribution in [2.45, 2.75) is 39.3 Å². The Labute approximate surface area is 138 Å². The highest BCUT2D eigenvalue weighted by Crippen LogP contribution is 2.16. The largest absolute Gasteiger partial charge is 0.387 e. The van der Waals surface area contributed by atoms with Gasteiger partial charge in [-0.2, -0.15) is 0 Å². The molecule has 0 bridgehead atoms. The van der Waals surface area contributed by atoms with Crippen molar-refractivity contribution in [2.75, 3.05) is 18.6 Å². The van der Waals surface area contributed by atoms with E-state index in [2.05, 4.69) is 10.6 Å². The van der Waals surface area contributed by atoms with Crippen molar-refractivity contribution < 1.29 is 18.3 Å². The van der Waals surface area contributed by atoms with E-state index < -0.39 is 22.0 Å². The molecule has 6 nitrogen and oxygen atoms in total. The summed E-state index contributed by atoms with van der Waals surface area (Å²) in [5, 5.41) is 15.4. The maximum atomic E-state index is 11.8. The van der Waals surface area contributed by atoms with Crippen LogP contribution in [-0.2, 0) is 9.84 Å². The average molecular weight is 342 g/mol. The molecule has 0 aliphatic heterocycles. The molecule has 7 heteroatoms. The fraction of sp³-hybridized carbons (Fsp3) is 0.562. The number of carbonyl (C=O) groups is 1. The maximum Gasteiger partial charge on any atom is 0.315 e. The lowest BCUT2D eigenvalue weighted by atomic mass is 10.0. The van der Waals surface area contributed by atoms with E-state index in [4.69, 9.17) is 0 Å². The predicted molar refractivity (Wildman–Crippen MR) is 91.2 cm³/mol. The van der Waals surface area contributed by atoms with Crippen LogP contribution in [0.3, 0.4) is 0 Å². The molecular formula is C16H26N2O4S. The normalized spacial score (nSPS) is 14.1. The Hall–Kier alpha value is -1.60. The summed E-state index contributed by atoms with van der Waals surface area (Å²) in [5.74, 6) is 0.0274. The monoisotopic (exact) mass is 342 g/mol. The summed E-state index contributed by atoms with van der Waals surface area (Å²) < 4.78 is 22.2. The van der Waals surface area contributed by atoms with Gasteiger partial charge < -0.3 is 15.7 Å². The van der Waals surface area contributed by atoms with Gasteiger partial charge in [-0.15, -0.1) is 0 Å². The first kappa shape index (κ1) is 19.4. The molecule has 1 aromatic rings. The van der Waals surface area contributed by atoms with Gasteiger partial charge in [-0.3, -0.25) is 0 Å². The van der Waals surface area contributed by atoms with Crippen LogP contribution < -0.4 is 10.6 Å². The minimum absolute atomic E-state index is 0.0274. The van der Waals surface area contributed by atoms with Crippen molar-refractivity contribution >= 4 is 15.9 Å². The lowest BCUT2D eigenvalue weighted by Crippen LogP contribution is -2.42. The summed E-state index contributed by atoms with van der Waals surface area (Å²) >= 11 is 0. The Morgan fingerprint density at radius 2 is 1.78 bits per heavy atom. The summed E-state index contributed by atoms with van der Waals surface area (Å²) in [7, 11) is -3.04. The number of urea groups is 1. The molecule has 0 radical (unpaired) electrons. The second-order valence-corrected chi connectivity index (χ2v) is 8.37. The van der Waals surface area contributed by atoms with E-state index >= 15 is 0 Å². The second kappa shape index (κ2) is 8.31. The molecule has 0 saturated heterocycles. The molecule has 1 aromatic carbocycles. The van der Waals surface area contributed by atoms with Gasteiger partial charge in [-0.25, -0.2) is 13.2 Å². The van der Waals surface area contributed by atoms with Crippen molar-refractivity contribution in [1.29, 1.82) is 0 Å². The zero-order valence-corrected chi connectivity index (χ0v) is 14.9. The molecule has 0 aliphatic rings. The van der Waals surface area contributed by atoms with Gasteiger partial charge in [0.25, 0.3) is 0 Å². The minimum Gasteiger partial charge on any atom is -0.387 e. The molecule has 23 heavy (non-hydrogen) atoms. The molecule has 3 N–H and O–H groups in total. The van der Waals surface area contributed by atoms with Crippen LogP contribution in [-0.4, -0.2) is 44.2 Å². The number of aliphatic hydroxyl groups is 1. The molecule has 0 aliphatic carbocycles. The van der Waals surface area contributed by atoms with Crippen LogP contribution in [0.1, 0.15) is 36.1 Å². The van der Waals surface area contributed by atoms with Gasteiger partial charge >= 0.3 is 6.03 Å². The summed E-state index contributed by atoms with van der Waals surface area (Å²) in [6.45, 7) is 5.73. The van der Waals surface area contributed by atoms with Gasteiger partial charge in [0.05, 0.1) is 11.9 Å². The van der Waals surface area contributed by atoms with E-state index in [9.17, 15) is 18.3 Å². The highest BCUT2D eigenvalue weighted by molar-refractivity contribution is 7.90. The number of amides is 2. The van der Waals surface area contributed by atoms with E-state index in [1.54, 1.807) is 6.92 Å². The maximum absolute atomic E-state index is 11.8. The van der Waals surface area contributed by atoms with E-state index in [1.165, 1.54) is 6.26 Å². The zero-order valence-electron chi connectivity index (χ0n) is 14.1. The Bertz CT molecular complexity index is 623. The van der Waals surface area contributed by atoms with Crippen LogP contribution in [0.25, 0.3) is 0 Å². The number of nitrogens with one attached hydrogen (secondary N) is 2. The van der Waals surface area contributed by atoms with Crippen LogP contribution in [0.15, 0.2) is 18.2 Å². The first-order chi connectivity index (χ1) is 10.6. The highest BCUT2D eigenvalue weighted by atomic mass is 32.2. The number of benzene rings is 1. The van der Waals surface area contributed by atoms with Crippen LogP contribution in [0.5, 0.6) is 0 Å². The molecular weight excluding hydrogens is 316 g/mol. The Kier molecular flexibility index (Phi) is 7.02. The molecule has 0 fully saturated rings. The van der Waals surface area contributed by atoms with E-state index in [0.717, 1.165) is 16.7 Å². The molecule has 0 unspecified atom stereocenters. The topological polar surface area (TPSA) is 95.5 Å². The summed E-state index contributed by atoms with van der Waals surface area (Å²) in [6, 6.07) is 5.09. The number of carbonyl (C=O) groups excluding carboxylic acids is 1.